The molecule has 2 aliphatic heterocycles. The fourth-order valence-electron chi connectivity index (χ4n) is 3.41. The monoisotopic (exact) mass is 308 g/mol. The van der Waals surface area contributed by atoms with E-state index in [2.05, 4.69) is 30.6 Å². The summed E-state index contributed by atoms with van der Waals surface area (Å²) in [5, 5.41) is 5.60. The lowest BCUT2D eigenvalue weighted by atomic mass is 10.1. The van der Waals surface area contributed by atoms with Crippen LogP contribution in [0.4, 0.5) is 0 Å². The van der Waals surface area contributed by atoms with Gasteiger partial charge in [-0.25, -0.2) is 0 Å². The quantitative estimate of drug-likeness (QED) is 0.909. The van der Waals surface area contributed by atoms with Crippen LogP contribution < -0.4 is 5.32 Å². The summed E-state index contributed by atoms with van der Waals surface area (Å²) in [5.74, 6) is 0.234. The molecular formula is C16H24N2O2S. The lowest BCUT2D eigenvalue weighted by Crippen LogP contribution is -2.44. The van der Waals surface area contributed by atoms with Gasteiger partial charge >= 0.3 is 0 Å². The van der Waals surface area contributed by atoms with Crippen molar-refractivity contribution >= 4 is 17.2 Å². The molecule has 116 valence electrons. The van der Waals surface area contributed by atoms with Crippen LogP contribution in [0.1, 0.15) is 50.6 Å². The number of carbonyl (C=O) groups excluding carboxylic acids is 1. The molecule has 0 spiro atoms. The van der Waals surface area contributed by atoms with Crippen molar-refractivity contribution in [1.29, 1.82) is 0 Å². The van der Waals surface area contributed by atoms with Gasteiger partial charge in [-0.1, -0.05) is 19.4 Å². The van der Waals surface area contributed by atoms with E-state index in [9.17, 15) is 4.79 Å². The van der Waals surface area contributed by atoms with E-state index in [1.54, 1.807) is 11.3 Å². The van der Waals surface area contributed by atoms with Gasteiger partial charge in [0, 0.05) is 11.5 Å². The van der Waals surface area contributed by atoms with Crippen LogP contribution in [0.3, 0.4) is 0 Å². The number of thiophene rings is 1. The number of ether oxygens (including phenoxy) is 1. The maximum absolute atomic E-state index is 12.8. The second-order valence-electron chi connectivity index (χ2n) is 5.96. The van der Waals surface area contributed by atoms with Gasteiger partial charge in [0.15, 0.2) is 0 Å². The molecule has 4 nitrogen and oxygen atoms in total. The van der Waals surface area contributed by atoms with Crippen molar-refractivity contribution < 1.29 is 9.53 Å². The van der Waals surface area contributed by atoms with Crippen LogP contribution in [0.25, 0.3) is 0 Å². The Morgan fingerprint density at radius 1 is 1.57 bits per heavy atom. The molecule has 1 amide bonds. The van der Waals surface area contributed by atoms with Crippen molar-refractivity contribution in [2.75, 3.05) is 6.61 Å². The summed E-state index contributed by atoms with van der Waals surface area (Å²) >= 11 is 1.71. The highest BCUT2D eigenvalue weighted by Gasteiger charge is 2.44. The number of nitrogens with zero attached hydrogens (tertiary/aromatic N) is 1. The molecule has 2 saturated heterocycles. The van der Waals surface area contributed by atoms with E-state index in [1.165, 1.54) is 4.88 Å². The Hall–Kier alpha value is -0.910. The highest BCUT2D eigenvalue weighted by atomic mass is 32.1. The topological polar surface area (TPSA) is 41.6 Å². The van der Waals surface area contributed by atoms with E-state index in [0.29, 0.717) is 0 Å². The number of hydrogen-bond acceptors (Lipinski definition) is 4. The van der Waals surface area contributed by atoms with Gasteiger partial charge in [0.05, 0.1) is 18.2 Å². The first-order chi connectivity index (χ1) is 10.2. The number of amides is 1. The summed E-state index contributed by atoms with van der Waals surface area (Å²) in [6.07, 6.45) is 4.26. The Kier molecular flexibility index (Phi) is 4.62. The lowest BCUT2D eigenvalue weighted by Gasteiger charge is -2.33. The zero-order valence-electron chi connectivity index (χ0n) is 12.7. The van der Waals surface area contributed by atoms with Crippen molar-refractivity contribution in [2.45, 2.75) is 63.9 Å². The minimum atomic E-state index is -0.0500. The molecule has 5 heteroatoms. The molecule has 4 unspecified atom stereocenters. The summed E-state index contributed by atoms with van der Waals surface area (Å²) in [4.78, 5) is 16.1. The van der Waals surface area contributed by atoms with E-state index >= 15 is 0 Å². The van der Waals surface area contributed by atoms with Crippen LogP contribution in [-0.2, 0) is 9.53 Å². The van der Waals surface area contributed by atoms with Crippen molar-refractivity contribution in [1.82, 2.24) is 10.2 Å². The molecule has 0 saturated carbocycles. The molecular weight excluding hydrogens is 284 g/mol. The number of carbonyl (C=O) groups is 1. The van der Waals surface area contributed by atoms with Gasteiger partial charge in [-0.3, -0.25) is 10.1 Å². The summed E-state index contributed by atoms with van der Waals surface area (Å²) < 4.78 is 5.82. The largest absolute Gasteiger partial charge is 0.376 e. The predicted molar refractivity (Wildman–Crippen MR) is 84.2 cm³/mol. The highest BCUT2D eigenvalue weighted by molar-refractivity contribution is 7.10. The van der Waals surface area contributed by atoms with Crippen LogP contribution in [-0.4, -0.2) is 35.6 Å². The van der Waals surface area contributed by atoms with Gasteiger partial charge in [-0.2, -0.15) is 0 Å². The molecule has 2 aliphatic rings. The maximum atomic E-state index is 12.8. The predicted octanol–water partition coefficient (Wildman–Crippen LogP) is 2.91. The average molecular weight is 308 g/mol. The molecule has 3 heterocycles. The fraction of sp³-hybridized carbons (Fsp3) is 0.688. The van der Waals surface area contributed by atoms with E-state index in [0.717, 1.165) is 32.3 Å². The summed E-state index contributed by atoms with van der Waals surface area (Å²) in [7, 11) is 0. The third-order valence-corrected chi connectivity index (χ3v) is 5.45. The van der Waals surface area contributed by atoms with Gasteiger partial charge in [-0.05, 0) is 37.6 Å². The summed E-state index contributed by atoms with van der Waals surface area (Å²) in [6, 6.07) is 4.24. The molecule has 2 fully saturated rings. The number of hydrogen-bond donors (Lipinski definition) is 1. The third-order valence-electron chi connectivity index (χ3n) is 4.52. The van der Waals surface area contributed by atoms with Gasteiger partial charge < -0.3 is 9.64 Å². The van der Waals surface area contributed by atoms with E-state index in [1.807, 2.05) is 11.0 Å². The van der Waals surface area contributed by atoms with Crippen LogP contribution in [0.15, 0.2) is 17.5 Å². The highest BCUT2D eigenvalue weighted by Crippen LogP contribution is 2.34. The zero-order valence-corrected chi connectivity index (χ0v) is 13.6. The first-order valence-corrected chi connectivity index (χ1v) is 8.83. The van der Waals surface area contributed by atoms with Crippen LogP contribution in [0.5, 0.6) is 0 Å². The number of nitrogens with one attached hydrogen (secondary N) is 1. The molecule has 0 radical (unpaired) electrons. The Labute approximate surface area is 130 Å². The second-order valence-corrected chi connectivity index (χ2v) is 6.94. The molecule has 1 aromatic rings. The summed E-state index contributed by atoms with van der Waals surface area (Å²) in [6.45, 7) is 5.08. The minimum absolute atomic E-state index is 0.00764. The van der Waals surface area contributed by atoms with Gasteiger partial charge in [-0.15, -0.1) is 11.3 Å². The van der Waals surface area contributed by atoms with Gasteiger partial charge in [0.1, 0.15) is 6.17 Å². The number of rotatable bonds is 5. The molecule has 1 N–H and O–H groups in total. The Morgan fingerprint density at radius 3 is 3.05 bits per heavy atom. The maximum Gasteiger partial charge on any atom is 0.241 e. The summed E-state index contributed by atoms with van der Waals surface area (Å²) in [5.41, 5.74) is 0. The third kappa shape index (κ3) is 2.87. The average Bonchev–Trinajstić information content (AvgIpc) is 3.20. The first kappa shape index (κ1) is 15.0. The van der Waals surface area contributed by atoms with E-state index < -0.39 is 0 Å². The normalized spacial score (nSPS) is 31.0. The smallest absolute Gasteiger partial charge is 0.241 e. The van der Waals surface area contributed by atoms with Crippen LogP contribution in [0.2, 0.25) is 0 Å². The fourth-order valence-corrected chi connectivity index (χ4v) is 4.19. The van der Waals surface area contributed by atoms with Crippen molar-refractivity contribution in [3.63, 3.8) is 0 Å². The molecule has 1 aromatic heterocycles. The Bertz CT molecular complexity index is 471. The van der Waals surface area contributed by atoms with Crippen molar-refractivity contribution in [3.8, 4) is 0 Å². The molecule has 21 heavy (non-hydrogen) atoms. The van der Waals surface area contributed by atoms with Gasteiger partial charge in [0.25, 0.3) is 0 Å². The SMILES string of the molecule is CCCC1NC(c2cccs2)N(C(C)C2CCCO2)C1=O. The molecule has 0 bridgehead atoms. The van der Waals surface area contributed by atoms with Crippen LogP contribution in [0, 0.1) is 0 Å². The minimum Gasteiger partial charge on any atom is -0.376 e. The molecule has 3 rings (SSSR count). The second kappa shape index (κ2) is 6.46. The molecule has 0 aliphatic carbocycles. The van der Waals surface area contributed by atoms with E-state index in [4.69, 9.17) is 4.74 Å². The zero-order chi connectivity index (χ0) is 14.8. The van der Waals surface area contributed by atoms with Crippen molar-refractivity contribution in [2.24, 2.45) is 0 Å². The standard InChI is InChI=1S/C16H24N2O2S/c1-3-6-12-16(19)18(11(2)13-7-4-9-20-13)15(17-12)14-8-5-10-21-14/h5,8,10-13,15,17H,3-4,6-7,9H2,1-2H3. The molecule has 0 aromatic carbocycles. The first-order valence-electron chi connectivity index (χ1n) is 7.95. The Balaban J connectivity index is 1.83. The molecule has 4 atom stereocenters. The Morgan fingerprint density at radius 2 is 2.43 bits per heavy atom. The van der Waals surface area contributed by atoms with Crippen LogP contribution >= 0.6 is 11.3 Å². The van der Waals surface area contributed by atoms with E-state index in [-0.39, 0.29) is 30.3 Å². The van der Waals surface area contributed by atoms with Gasteiger partial charge in [0.2, 0.25) is 5.91 Å². The lowest BCUT2D eigenvalue weighted by molar-refractivity contribution is -0.134. The van der Waals surface area contributed by atoms with Crippen molar-refractivity contribution in [3.05, 3.63) is 22.4 Å².